The molecule has 0 saturated heterocycles. The maximum absolute atomic E-state index is 3.74. The number of halogens is 1. The van der Waals surface area contributed by atoms with Gasteiger partial charge in [0.05, 0.1) is 8.07 Å². The molecule has 1 heterocycles. The van der Waals surface area contributed by atoms with E-state index in [4.69, 9.17) is 0 Å². The van der Waals surface area contributed by atoms with Crippen molar-refractivity contribution in [3.8, 4) is 0 Å². The lowest BCUT2D eigenvalue weighted by Crippen LogP contribution is -2.34. The van der Waals surface area contributed by atoms with Crippen LogP contribution in [0.25, 0.3) is 0 Å². The van der Waals surface area contributed by atoms with Crippen molar-refractivity contribution in [2.75, 3.05) is 11.9 Å². The molecule has 0 saturated carbocycles. The Balaban J connectivity index is 2.36. The molecule has 0 radical (unpaired) electrons. The van der Waals surface area contributed by atoms with Gasteiger partial charge in [0, 0.05) is 16.7 Å². The zero-order chi connectivity index (χ0) is 11.8. The second kappa shape index (κ2) is 4.53. The van der Waals surface area contributed by atoms with Crippen LogP contribution in [0.5, 0.6) is 0 Å². The minimum Gasteiger partial charge on any atom is -0.385 e. The molecule has 0 aliphatic carbocycles. The zero-order valence-electron chi connectivity index (χ0n) is 10.4. The molecule has 1 aliphatic heterocycles. The third-order valence-corrected chi connectivity index (χ3v) is 7.02. The van der Waals surface area contributed by atoms with E-state index in [1.54, 1.807) is 11.1 Å². The fraction of sp³-hybridized carbons (Fsp3) is 0.538. The Labute approximate surface area is 108 Å². The highest BCUT2D eigenvalue weighted by atomic mass is 79.9. The lowest BCUT2D eigenvalue weighted by molar-refractivity contribution is 0.987. The molecular formula is C13H20BrNSi. The van der Waals surface area contributed by atoms with Gasteiger partial charge in [-0.1, -0.05) is 35.1 Å². The van der Waals surface area contributed by atoms with Crippen LogP contribution in [0.2, 0.25) is 19.1 Å². The summed E-state index contributed by atoms with van der Waals surface area (Å²) in [6.45, 7) is 8.13. The zero-order valence-corrected chi connectivity index (χ0v) is 12.9. The Bertz CT molecular complexity index is 401. The van der Waals surface area contributed by atoms with Crippen molar-refractivity contribution < 1.29 is 0 Å². The Hall–Kier alpha value is -0.283. The van der Waals surface area contributed by atoms with Crippen LogP contribution in [0.1, 0.15) is 18.1 Å². The maximum Gasteiger partial charge on any atom is 0.0521 e. The number of benzene rings is 1. The molecule has 0 unspecified atom stereocenters. The van der Waals surface area contributed by atoms with Gasteiger partial charge in [0.1, 0.15) is 0 Å². The fourth-order valence-corrected chi connectivity index (χ4v) is 5.86. The van der Waals surface area contributed by atoms with E-state index in [9.17, 15) is 0 Å². The van der Waals surface area contributed by atoms with Gasteiger partial charge >= 0.3 is 0 Å². The van der Waals surface area contributed by atoms with Gasteiger partial charge in [-0.25, -0.2) is 0 Å². The second-order valence-corrected chi connectivity index (χ2v) is 11.5. The molecule has 1 nitrogen and oxygen atoms in total. The minimum absolute atomic E-state index is 0.959. The molecular weight excluding hydrogens is 278 g/mol. The van der Waals surface area contributed by atoms with Gasteiger partial charge < -0.3 is 5.32 Å². The summed E-state index contributed by atoms with van der Waals surface area (Å²) in [6, 6.07) is 7.34. The summed E-state index contributed by atoms with van der Waals surface area (Å²) in [5.41, 5.74) is 4.39. The quantitative estimate of drug-likeness (QED) is 0.806. The normalized spacial score (nSPS) is 18.0. The first-order valence-electron chi connectivity index (χ1n) is 6.07. The van der Waals surface area contributed by atoms with E-state index >= 15 is 0 Å². The number of fused-ring (bicyclic) bond motifs is 1. The summed E-state index contributed by atoms with van der Waals surface area (Å²) >= 11 is 3.74. The number of nitrogens with one attached hydrogen (secondary N) is 1. The van der Waals surface area contributed by atoms with E-state index in [1.165, 1.54) is 28.7 Å². The van der Waals surface area contributed by atoms with Crippen LogP contribution in [0.15, 0.2) is 16.6 Å². The fourth-order valence-electron chi connectivity index (χ4n) is 2.46. The summed E-state index contributed by atoms with van der Waals surface area (Å²) in [6.07, 6.45) is 1.27. The Morgan fingerprint density at radius 2 is 2.12 bits per heavy atom. The first-order chi connectivity index (χ1) is 7.52. The topological polar surface area (TPSA) is 12.0 Å². The van der Waals surface area contributed by atoms with Gasteiger partial charge in [-0.05, 0) is 42.6 Å². The van der Waals surface area contributed by atoms with Crippen molar-refractivity contribution in [2.45, 2.75) is 38.5 Å². The molecule has 1 aromatic rings. The van der Waals surface area contributed by atoms with Crippen LogP contribution < -0.4 is 5.32 Å². The van der Waals surface area contributed by atoms with Crippen LogP contribution in [0.3, 0.4) is 0 Å². The number of hydrogen-bond donors (Lipinski definition) is 1. The average Bonchev–Trinajstić information content (AvgIpc) is 2.19. The number of hydrogen-bond acceptors (Lipinski definition) is 1. The molecule has 16 heavy (non-hydrogen) atoms. The number of aryl methyl sites for hydroxylation is 1. The van der Waals surface area contributed by atoms with Gasteiger partial charge in [-0.15, -0.1) is 0 Å². The standard InChI is InChI=1S/C13H20BrNSi/c1-4-15-11-7-10-5-6-16(2,3)9-12(10)13(14)8-11/h7-8,15H,4-6,9H2,1-3H3. The second-order valence-electron chi connectivity index (χ2n) is 5.47. The molecule has 0 fully saturated rings. The van der Waals surface area contributed by atoms with Crippen LogP contribution in [0, 0.1) is 0 Å². The third kappa shape index (κ3) is 2.51. The largest absolute Gasteiger partial charge is 0.385 e. The summed E-state index contributed by atoms with van der Waals surface area (Å²) < 4.78 is 1.31. The highest BCUT2D eigenvalue weighted by Crippen LogP contribution is 2.35. The molecule has 0 amide bonds. The summed E-state index contributed by atoms with van der Waals surface area (Å²) in [5.74, 6) is 0. The lowest BCUT2D eigenvalue weighted by atomic mass is 10.0. The lowest BCUT2D eigenvalue weighted by Gasteiger charge is -2.30. The highest BCUT2D eigenvalue weighted by Gasteiger charge is 2.28. The van der Waals surface area contributed by atoms with Crippen molar-refractivity contribution in [3.05, 3.63) is 27.7 Å². The predicted octanol–water partition coefficient (Wildman–Crippen LogP) is 4.23. The van der Waals surface area contributed by atoms with E-state index in [2.05, 4.69) is 53.4 Å². The molecule has 88 valence electrons. The van der Waals surface area contributed by atoms with Gasteiger partial charge in [0.25, 0.3) is 0 Å². The van der Waals surface area contributed by atoms with Crippen LogP contribution in [-0.2, 0) is 12.5 Å². The summed E-state index contributed by atoms with van der Waals surface area (Å²) in [4.78, 5) is 0. The Morgan fingerprint density at radius 1 is 1.38 bits per heavy atom. The smallest absolute Gasteiger partial charge is 0.0521 e. The molecule has 2 rings (SSSR count). The Kier molecular flexibility index (Phi) is 3.45. The van der Waals surface area contributed by atoms with E-state index < -0.39 is 8.07 Å². The van der Waals surface area contributed by atoms with E-state index in [0.717, 1.165) is 6.54 Å². The predicted molar refractivity (Wildman–Crippen MR) is 78.0 cm³/mol. The molecule has 1 aliphatic rings. The average molecular weight is 298 g/mol. The van der Waals surface area contributed by atoms with Crippen molar-refractivity contribution in [1.29, 1.82) is 0 Å². The van der Waals surface area contributed by atoms with Crippen LogP contribution in [-0.4, -0.2) is 14.6 Å². The van der Waals surface area contributed by atoms with Crippen molar-refractivity contribution in [2.24, 2.45) is 0 Å². The third-order valence-electron chi connectivity index (χ3n) is 3.40. The van der Waals surface area contributed by atoms with Gasteiger partial charge in [-0.3, -0.25) is 0 Å². The van der Waals surface area contributed by atoms with Gasteiger partial charge in [0.2, 0.25) is 0 Å². The van der Waals surface area contributed by atoms with E-state index in [0.29, 0.717) is 0 Å². The maximum atomic E-state index is 3.74. The monoisotopic (exact) mass is 297 g/mol. The van der Waals surface area contributed by atoms with Gasteiger partial charge in [0.15, 0.2) is 0 Å². The first kappa shape index (κ1) is 12.2. The van der Waals surface area contributed by atoms with Gasteiger partial charge in [-0.2, -0.15) is 0 Å². The van der Waals surface area contributed by atoms with Crippen molar-refractivity contribution in [1.82, 2.24) is 0 Å². The number of anilines is 1. The SMILES string of the molecule is CCNc1cc(Br)c2c(c1)CC[Si](C)(C)C2. The summed E-state index contributed by atoms with van der Waals surface area (Å²) in [7, 11) is -0.959. The molecule has 3 heteroatoms. The number of rotatable bonds is 2. The Morgan fingerprint density at radius 3 is 2.81 bits per heavy atom. The molecule has 0 spiro atoms. The van der Waals surface area contributed by atoms with E-state index in [-0.39, 0.29) is 0 Å². The molecule has 1 N–H and O–H groups in total. The van der Waals surface area contributed by atoms with Crippen molar-refractivity contribution >= 4 is 29.7 Å². The van der Waals surface area contributed by atoms with E-state index in [1.807, 2.05) is 0 Å². The molecule has 1 aromatic carbocycles. The minimum atomic E-state index is -0.959. The van der Waals surface area contributed by atoms with Crippen LogP contribution >= 0.6 is 15.9 Å². The van der Waals surface area contributed by atoms with Crippen LogP contribution in [0.4, 0.5) is 5.69 Å². The molecule has 0 bridgehead atoms. The highest BCUT2D eigenvalue weighted by molar-refractivity contribution is 9.10. The molecule has 0 aromatic heterocycles. The first-order valence-corrected chi connectivity index (χ1v) is 10.3. The molecule has 0 atom stereocenters. The van der Waals surface area contributed by atoms with Crippen molar-refractivity contribution in [3.63, 3.8) is 0 Å². The summed E-state index contributed by atoms with van der Waals surface area (Å²) in [5, 5.41) is 3.40.